The molecule has 12 heteroatoms. The molecule has 3 rings (SSSR count). The van der Waals surface area contributed by atoms with Crippen molar-refractivity contribution in [3.63, 3.8) is 0 Å². The third-order valence-electron chi connectivity index (χ3n) is 3.67. The maximum atomic E-state index is 12.1. The number of carbonyl (C=O) groups excluding carboxylic acids is 1. The van der Waals surface area contributed by atoms with Crippen LogP contribution in [0, 0.1) is 10.1 Å². The second kappa shape index (κ2) is 9.31. The third kappa shape index (κ3) is 5.76. The van der Waals surface area contributed by atoms with Crippen molar-refractivity contribution in [2.45, 2.75) is 23.3 Å². The molecular weight excluding hydrogens is 414 g/mol. The highest BCUT2D eigenvalue weighted by Crippen LogP contribution is 2.28. The van der Waals surface area contributed by atoms with E-state index in [-0.39, 0.29) is 34.2 Å². The highest BCUT2D eigenvalue weighted by Gasteiger charge is 2.16. The van der Waals surface area contributed by atoms with Crippen molar-refractivity contribution in [2.75, 3.05) is 29.5 Å². The normalized spacial score (nSPS) is 16.3. The van der Waals surface area contributed by atoms with Gasteiger partial charge in [-0.05, 0) is 18.9 Å². The molecule has 0 aliphatic carbocycles. The van der Waals surface area contributed by atoms with Crippen molar-refractivity contribution in [1.29, 1.82) is 0 Å². The highest BCUT2D eigenvalue weighted by atomic mass is 35.5. The topological polar surface area (TPSA) is 119 Å². The highest BCUT2D eigenvalue weighted by molar-refractivity contribution is 8.01. The molecule has 0 spiro atoms. The van der Waals surface area contributed by atoms with Crippen LogP contribution in [0.25, 0.3) is 0 Å². The number of carbonyl (C=O) groups is 1. The van der Waals surface area contributed by atoms with Gasteiger partial charge in [0.25, 0.3) is 5.69 Å². The number of ether oxygens (including phenoxy) is 1. The van der Waals surface area contributed by atoms with E-state index in [0.717, 1.165) is 19.4 Å². The number of hydrogen-bond acceptors (Lipinski definition) is 9. The summed E-state index contributed by atoms with van der Waals surface area (Å²) >= 11 is 8.55. The maximum absolute atomic E-state index is 12.1. The van der Waals surface area contributed by atoms with E-state index in [2.05, 4.69) is 20.8 Å². The Balaban J connectivity index is 1.48. The quantitative estimate of drug-likeness (QED) is 0.372. The van der Waals surface area contributed by atoms with E-state index in [1.165, 1.54) is 41.3 Å². The van der Waals surface area contributed by atoms with Crippen LogP contribution >= 0.6 is 34.7 Å². The minimum Gasteiger partial charge on any atom is -0.376 e. The lowest BCUT2D eigenvalue weighted by molar-refractivity contribution is -0.384. The average molecular weight is 430 g/mol. The fraction of sp³-hybridized carbons (Fsp3) is 0.400. The van der Waals surface area contributed by atoms with Crippen LogP contribution in [0.4, 0.5) is 16.5 Å². The van der Waals surface area contributed by atoms with Gasteiger partial charge < -0.3 is 15.4 Å². The molecule has 1 fully saturated rings. The summed E-state index contributed by atoms with van der Waals surface area (Å²) in [6.45, 7) is 1.48. The summed E-state index contributed by atoms with van der Waals surface area (Å²) < 4.78 is 6.18. The molecular formula is C15H16ClN5O4S2. The zero-order valence-corrected chi connectivity index (χ0v) is 16.4. The number of nitro groups is 1. The Hall–Kier alpha value is -1.95. The van der Waals surface area contributed by atoms with Gasteiger partial charge in [-0.3, -0.25) is 14.9 Å². The first kappa shape index (κ1) is 19.8. The van der Waals surface area contributed by atoms with Gasteiger partial charge in [0.05, 0.1) is 27.5 Å². The van der Waals surface area contributed by atoms with E-state index in [1.807, 2.05) is 0 Å². The van der Waals surface area contributed by atoms with Gasteiger partial charge >= 0.3 is 0 Å². The van der Waals surface area contributed by atoms with Crippen LogP contribution in [0.2, 0.25) is 5.02 Å². The molecule has 2 heterocycles. The molecule has 1 amide bonds. The standard InChI is InChI=1S/C15H16ClN5O4S2/c16-11-4-3-9(21(23)24)6-12(11)18-13(22)8-26-15-20-19-14(27-15)17-7-10-2-1-5-25-10/h3-4,6,10H,1-2,5,7-8H2,(H,17,19)(H,18,22). The van der Waals surface area contributed by atoms with Crippen molar-refractivity contribution < 1.29 is 14.5 Å². The summed E-state index contributed by atoms with van der Waals surface area (Å²) in [6.07, 6.45) is 2.32. The second-order valence-electron chi connectivity index (χ2n) is 5.65. The monoisotopic (exact) mass is 429 g/mol. The van der Waals surface area contributed by atoms with Gasteiger partial charge in [-0.2, -0.15) is 0 Å². The molecule has 1 aliphatic heterocycles. The van der Waals surface area contributed by atoms with Crippen LogP contribution in [0.15, 0.2) is 22.5 Å². The molecule has 1 saturated heterocycles. The molecule has 2 aromatic rings. The fourth-order valence-electron chi connectivity index (χ4n) is 2.38. The van der Waals surface area contributed by atoms with Crippen molar-refractivity contribution in [1.82, 2.24) is 10.2 Å². The van der Waals surface area contributed by atoms with Gasteiger partial charge in [-0.15, -0.1) is 10.2 Å². The van der Waals surface area contributed by atoms with E-state index in [9.17, 15) is 14.9 Å². The van der Waals surface area contributed by atoms with Crippen molar-refractivity contribution in [2.24, 2.45) is 0 Å². The molecule has 1 aliphatic rings. The lowest BCUT2D eigenvalue weighted by atomic mass is 10.2. The number of anilines is 2. The summed E-state index contributed by atoms with van der Waals surface area (Å²) in [6, 6.07) is 3.88. The fourth-order valence-corrected chi connectivity index (χ4v) is 4.11. The summed E-state index contributed by atoms with van der Waals surface area (Å²) in [5, 5.41) is 25.5. The molecule has 0 bridgehead atoms. The predicted molar refractivity (Wildman–Crippen MR) is 105 cm³/mol. The summed E-state index contributed by atoms with van der Waals surface area (Å²) in [5.74, 6) is -0.259. The number of rotatable bonds is 8. The molecule has 1 aromatic carbocycles. The zero-order valence-electron chi connectivity index (χ0n) is 14.0. The van der Waals surface area contributed by atoms with Crippen LogP contribution in [-0.2, 0) is 9.53 Å². The molecule has 1 aromatic heterocycles. The van der Waals surface area contributed by atoms with Gasteiger partial charge in [0.15, 0.2) is 4.34 Å². The van der Waals surface area contributed by atoms with Crippen LogP contribution in [0.3, 0.4) is 0 Å². The number of nitrogens with one attached hydrogen (secondary N) is 2. The van der Waals surface area contributed by atoms with E-state index in [1.54, 1.807) is 0 Å². The van der Waals surface area contributed by atoms with E-state index < -0.39 is 4.92 Å². The number of benzene rings is 1. The molecule has 2 N–H and O–H groups in total. The lowest BCUT2D eigenvalue weighted by Crippen LogP contribution is -2.18. The second-order valence-corrected chi connectivity index (χ2v) is 8.25. The number of nitrogens with zero attached hydrogens (tertiary/aromatic N) is 3. The Morgan fingerprint density at radius 2 is 2.33 bits per heavy atom. The first-order valence-electron chi connectivity index (χ1n) is 8.07. The lowest BCUT2D eigenvalue weighted by Gasteiger charge is -2.08. The number of non-ortho nitro benzene ring substituents is 1. The Morgan fingerprint density at radius 3 is 3.07 bits per heavy atom. The van der Waals surface area contributed by atoms with Crippen LogP contribution in [0.1, 0.15) is 12.8 Å². The zero-order chi connectivity index (χ0) is 19.2. The predicted octanol–water partition coefficient (Wildman–Crippen LogP) is 3.42. The Labute approximate surface area is 168 Å². The van der Waals surface area contributed by atoms with E-state index >= 15 is 0 Å². The van der Waals surface area contributed by atoms with Gasteiger partial charge in [0.1, 0.15) is 0 Å². The molecule has 1 unspecified atom stereocenters. The van der Waals surface area contributed by atoms with Gasteiger partial charge in [0.2, 0.25) is 11.0 Å². The molecule has 27 heavy (non-hydrogen) atoms. The summed E-state index contributed by atoms with van der Waals surface area (Å²) in [4.78, 5) is 22.4. The van der Waals surface area contributed by atoms with Gasteiger partial charge in [-0.1, -0.05) is 34.7 Å². The average Bonchev–Trinajstić information content (AvgIpc) is 3.31. The summed E-state index contributed by atoms with van der Waals surface area (Å²) in [5.41, 5.74) is 0.0566. The molecule has 0 radical (unpaired) electrons. The first-order chi connectivity index (χ1) is 13.0. The SMILES string of the molecule is O=C(CSc1nnc(NCC2CCCO2)s1)Nc1cc([N+](=O)[O-])ccc1Cl. The number of nitro benzene ring substituents is 1. The van der Waals surface area contributed by atoms with Crippen LogP contribution in [0.5, 0.6) is 0 Å². The number of amides is 1. The Kier molecular flexibility index (Phi) is 6.83. The van der Waals surface area contributed by atoms with Crippen molar-refractivity contribution in [3.8, 4) is 0 Å². The van der Waals surface area contributed by atoms with Gasteiger partial charge in [0, 0.05) is 25.3 Å². The Bertz CT molecular complexity index is 828. The largest absolute Gasteiger partial charge is 0.376 e. The van der Waals surface area contributed by atoms with Crippen LogP contribution < -0.4 is 10.6 Å². The van der Waals surface area contributed by atoms with E-state index in [0.29, 0.717) is 16.0 Å². The van der Waals surface area contributed by atoms with Gasteiger partial charge in [-0.25, -0.2) is 0 Å². The van der Waals surface area contributed by atoms with Crippen molar-refractivity contribution in [3.05, 3.63) is 33.3 Å². The van der Waals surface area contributed by atoms with Crippen molar-refractivity contribution >= 4 is 57.1 Å². The molecule has 144 valence electrons. The van der Waals surface area contributed by atoms with Crippen LogP contribution in [-0.4, -0.2) is 46.0 Å². The molecule has 1 atom stereocenters. The Morgan fingerprint density at radius 1 is 1.48 bits per heavy atom. The number of halogens is 1. The number of thioether (sulfide) groups is 1. The molecule has 9 nitrogen and oxygen atoms in total. The smallest absolute Gasteiger partial charge is 0.271 e. The third-order valence-corrected chi connectivity index (χ3v) is 6.02. The minimum atomic E-state index is -0.548. The summed E-state index contributed by atoms with van der Waals surface area (Å²) in [7, 11) is 0. The van der Waals surface area contributed by atoms with E-state index in [4.69, 9.17) is 16.3 Å². The first-order valence-corrected chi connectivity index (χ1v) is 10.2. The minimum absolute atomic E-state index is 0.0827. The number of aromatic nitrogens is 2. The molecule has 0 saturated carbocycles. The number of hydrogen-bond donors (Lipinski definition) is 2. The maximum Gasteiger partial charge on any atom is 0.271 e.